The van der Waals surface area contributed by atoms with E-state index < -0.39 is 23.3 Å². The highest BCUT2D eigenvalue weighted by Crippen LogP contribution is 2.25. The van der Waals surface area contributed by atoms with Crippen molar-refractivity contribution in [2.45, 2.75) is 20.4 Å². The molecule has 4 aromatic rings. The van der Waals surface area contributed by atoms with Crippen molar-refractivity contribution in [3.05, 3.63) is 107 Å². The van der Waals surface area contributed by atoms with Gasteiger partial charge in [0.1, 0.15) is 11.6 Å². The Morgan fingerprint density at radius 3 is 2.36 bits per heavy atom. The van der Waals surface area contributed by atoms with Crippen LogP contribution < -0.4 is 4.90 Å². The number of carbonyl (C=O) groups is 2. The highest BCUT2D eigenvalue weighted by molar-refractivity contribution is 6.47. The fourth-order valence-electron chi connectivity index (χ4n) is 3.64. The molecule has 0 N–H and O–H groups in total. The average Bonchev–Trinajstić information content (AvgIpc) is 3.12. The number of amides is 1. The van der Waals surface area contributed by atoms with Crippen LogP contribution in [0.25, 0.3) is 5.69 Å². The van der Waals surface area contributed by atoms with Crippen molar-refractivity contribution in [3.63, 3.8) is 0 Å². The average molecular weight is 446 g/mol. The van der Waals surface area contributed by atoms with Crippen LogP contribution in [0.5, 0.6) is 0 Å². The molecule has 0 aliphatic rings. The Labute approximate surface area is 189 Å². The van der Waals surface area contributed by atoms with Gasteiger partial charge in [-0.15, -0.1) is 0 Å². The van der Waals surface area contributed by atoms with Crippen LogP contribution >= 0.6 is 0 Å². The van der Waals surface area contributed by atoms with E-state index >= 15 is 0 Å². The maximum Gasteiger partial charge on any atom is 0.299 e. The summed E-state index contributed by atoms with van der Waals surface area (Å²) in [6.45, 7) is 3.16. The lowest BCUT2D eigenvalue weighted by Crippen LogP contribution is -2.37. The fraction of sp³-hybridized carbons (Fsp3) is 0.120. The van der Waals surface area contributed by atoms with E-state index in [1.54, 1.807) is 36.7 Å². The Balaban J connectivity index is 1.75. The van der Waals surface area contributed by atoms with E-state index in [2.05, 4.69) is 10.1 Å². The van der Waals surface area contributed by atoms with Crippen molar-refractivity contribution in [2.24, 2.45) is 0 Å². The van der Waals surface area contributed by atoms with Gasteiger partial charge in [0.15, 0.2) is 0 Å². The van der Waals surface area contributed by atoms with Crippen LogP contribution in [0, 0.1) is 25.5 Å². The number of ketones is 1. The number of carbonyl (C=O) groups excluding carboxylic acids is 2. The molecule has 2 aromatic heterocycles. The van der Waals surface area contributed by atoms with E-state index in [1.165, 1.54) is 6.20 Å². The van der Waals surface area contributed by atoms with Gasteiger partial charge in [-0.3, -0.25) is 19.5 Å². The Morgan fingerprint density at radius 1 is 0.970 bits per heavy atom. The third-order valence-corrected chi connectivity index (χ3v) is 5.21. The van der Waals surface area contributed by atoms with Crippen molar-refractivity contribution in [2.75, 3.05) is 4.90 Å². The van der Waals surface area contributed by atoms with Crippen LogP contribution in [-0.2, 0) is 11.3 Å². The molecule has 0 fully saturated rings. The molecule has 6 nitrogen and oxygen atoms in total. The Morgan fingerprint density at radius 2 is 1.70 bits per heavy atom. The monoisotopic (exact) mass is 446 g/mol. The lowest BCUT2D eigenvalue weighted by molar-refractivity contribution is -0.114. The molecule has 0 bridgehead atoms. The van der Waals surface area contributed by atoms with Crippen molar-refractivity contribution in [3.8, 4) is 5.69 Å². The van der Waals surface area contributed by atoms with Crippen LogP contribution in [0.15, 0.2) is 72.9 Å². The van der Waals surface area contributed by atoms with Crippen LogP contribution in [0.3, 0.4) is 0 Å². The number of benzene rings is 2. The molecule has 1 amide bonds. The second-order valence-electron chi connectivity index (χ2n) is 7.43. The van der Waals surface area contributed by atoms with Crippen LogP contribution in [0.1, 0.15) is 27.4 Å². The van der Waals surface area contributed by atoms with Gasteiger partial charge in [0.05, 0.1) is 40.6 Å². The number of hydrogen-bond acceptors (Lipinski definition) is 4. The Kier molecular flexibility index (Phi) is 6.08. The van der Waals surface area contributed by atoms with Gasteiger partial charge in [-0.2, -0.15) is 5.10 Å². The van der Waals surface area contributed by atoms with Crippen LogP contribution in [-0.4, -0.2) is 26.5 Å². The molecule has 0 atom stereocenters. The second-order valence-corrected chi connectivity index (χ2v) is 7.43. The van der Waals surface area contributed by atoms with E-state index in [1.807, 2.05) is 30.3 Å². The molecular weight excluding hydrogens is 426 g/mol. The fourth-order valence-corrected chi connectivity index (χ4v) is 3.64. The molecule has 0 unspecified atom stereocenters. The summed E-state index contributed by atoms with van der Waals surface area (Å²) in [5.74, 6) is -3.55. The molecule has 0 aliphatic carbocycles. The number of halogens is 2. The number of aromatic nitrogens is 3. The zero-order chi connectivity index (χ0) is 23.5. The number of Topliss-reactive ketones (excluding diaryl/α,β-unsaturated/α-hetero) is 1. The minimum absolute atomic E-state index is 0.136. The van der Waals surface area contributed by atoms with Gasteiger partial charge in [0, 0.05) is 12.3 Å². The number of nitrogens with zero attached hydrogens (tertiary/aromatic N) is 4. The highest BCUT2D eigenvalue weighted by atomic mass is 19.1. The smallest absolute Gasteiger partial charge is 0.297 e. The SMILES string of the molecule is Cc1nn(-c2ccccc2)c(C)c1C(=O)C(=O)N(Cc1ccccn1)c1ccc(F)cc1F. The lowest BCUT2D eigenvalue weighted by Gasteiger charge is -2.22. The minimum Gasteiger partial charge on any atom is -0.297 e. The van der Waals surface area contributed by atoms with Gasteiger partial charge in [-0.25, -0.2) is 13.5 Å². The molecule has 33 heavy (non-hydrogen) atoms. The molecule has 0 saturated carbocycles. The molecule has 2 aromatic carbocycles. The van der Waals surface area contributed by atoms with E-state index in [9.17, 15) is 18.4 Å². The molecule has 166 valence electrons. The second kappa shape index (κ2) is 9.12. The highest BCUT2D eigenvalue weighted by Gasteiger charge is 2.31. The molecule has 0 spiro atoms. The molecule has 4 rings (SSSR count). The van der Waals surface area contributed by atoms with Crippen LogP contribution in [0.2, 0.25) is 0 Å². The van der Waals surface area contributed by atoms with Gasteiger partial charge >= 0.3 is 0 Å². The summed E-state index contributed by atoms with van der Waals surface area (Å²) in [5.41, 5.74) is 1.94. The summed E-state index contributed by atoms with van der Waals surface area (Å²) < 4.78 is 29.7. The third kappa shape index (κ3) is 4.41. The molecular formula is C25H20F2N4O2. The summed E-state index contributed by atoms with van der Waals surface area (Å²) in [4.78, 5) is 31.9. The third-order valence-electron chi connectivity index (χ3n) is 5.21. The summed E-state index contributed by atoms with van der Waals surface area (Å²) in [5, 5.41) is 4.42. The molecule has 2 heterocycles. The van der Waals surface area contributed by atoms with Crippen molar-refractivity contribution in [1.29, 1.82) is 0 Å². The van der Waals surface area contributed by atoms with Gasteiger partial charge in [0.2, 0.25) is 0 Å². The first-order valence-corrected chi connectivity index (χ1v) is 10.2. The zero-order valence-corrected chi connectivity index (χ0v) is 18.0. The number of aryl methyl sites for hydroxylation is 1. The summed E-state index contributed by atoms with van der Waals surface area (Å²) >= 11 is 0. The van der Waals surface area contributed by atoms with E-state index in [4.69, 9.17) is 0 Å². The number of pyridine rings is 1. The zero-order valence-electron chi connectivity index (χ0n) is 18.0. The van der Waals surface area contributed by atoms with Crippen molar-refractivity contribution in [1.82, 2.24) is 14.8 Å². The summed E-state index contributed by atoms with van der Waals surface area (Å²) in [6, 6.07) is 17.1. The topological polar surface area (TPSA) is 68.1 Å². The maximum atomic E-state index is 14.6. The largest absolute Gasteiger partial charge is 0.299 e. The maximum absolute atomic E-state index is 14.6. The summed E-state index contributed by atoms with van der Waals surface area (Å²) in [6.07, 6.45) is 1.53. The normalized spacial score (nSPS) is 10.8. The predicted molar refractivity (Wildman–Crippen MR) is 119 cm³/mol. The molecule has 0 radical (unpaired) electrons. The quantitative estimate of drug-likeness (QED) is 0.321. The van der Waals surface area contributed by atoms with Crippen molar-refractivity contribution < 1.29 is 18.4 Å². The van der Waals surface area contributed by atoms with E-state index in [0.717, 1.165) is 22.7 Å². The molecule has 0 saturated heterocycles. The predicted octanol–water partition coefficient (Wildman–Crippen LogP) is 4.58. The Bertz CT molecular complexity index is 1320. The Hall–Kier alpha value is -4.20. The van der Waals surface area contributed by atoms with Crippen molar-refractivity contribution >= 4 is 17.4 Å². The summed E-state index contributed by atoms with van der Waals surface area (Å²) in [7, 11) is 0. The van der Waals surface area contributed by atoms with E-state index in [-0.39, 0.29) is 17.8 Å². The van der Waals surface area contributed by atoms with Gasteiger partial charge in [0.25, 0.3) is 11.7 Å². The standard InChI is InChI=1S/C25H20F2N4O2/c1-16-23(17(2)31(29-16)20-9-4-3-5-10-20)24(32)25(33)30(15-19-8-6-7-13-28-19)22-12-11-18(26)14-21(22)27/h3-14H,15H2,1-2H3. The number of rotatable bonds is 6. The molecule has 8 heteroatoms. The lowest BCUT2D eigenvalue weighted by atomic mass is 10.1. The number of anilines is 1. The van der Waals surface area contributed by atoms with Crippen LogP contribution in [0.4, 0.5) is 14.5 Å². The van der Waals surface area contributed by atoms with E-state index in [0.29, 0.717) is 23.1 Å². The first-order chi connectivity index (χ1) is 15.9. The van der Waals surface area contributed by atoms with Gasteiger partial charge in [-0.1, -0.05) is 24.3 Å². The van der Waals surface area contributed by atoms with Gasteiger partial charge in [-0.05, 0) is 50.2 Å². The number of para-hydroxylation sites is 1. The number of hydrogen-bond donors (Lipinski definition) is 0. The first-order valence-electron chi connectivity index (χ1n) is 10.2. The molecule has 0 aliphatic heterocycles. The first kappa shape index (κ1) is 22.0. The minimum atomic E-state index is -0.968. The van der Waals surface area contributed by atoms with Gasteiger partial charge < -0.3 is 0 Å².